The van der Waals surface area contributed by atoms with Crippen molar-refractivity contribution in [2.75, 3.05) is 13.2 Å². The van der Waals surface area contributed by atoms with Gasteiger partial charge < -0.3 is 10.1 Å². The Kier molecular flexibility index (Phi) is 4.45. The maximum absolute atomic E-state index is 5.84. The van der Waals surface area contributed by atoms with Crippen molar-refractivity contribution in [2.45, 2.75) is 51.4 Å². The molecule has 6 heteroatoms. The molecule has 6 nitrogen and oxygen atoms in total. The first-order valence-corrected chi connectivity index (χ1v) is 10.1. The molecule has 0 amide bonds. The Labute approximate surface area is 159 Å². The van der Waals surface area contributed by atoms with Crippen molar-refractivity contribution in [3.05, 3.63) is 36.8 Å². The predicted molar refractivity (Wildman–Crippen MR) is 105 cm³/mol. The van der Waals surface area contributed by atoms with Gasteiger partial charge >= 0.3 is 0 Å². The molecule has 4 heterocycles. The Morgan fingerprint density at radius 1 is 1.19 bits per heavy atom. The van der Waals surface area contributed by atoms with E-state index in [0.29, 0.717) is 12.0 Å². The number of aromatic nitrogens is 4. The third kappa shape index (κ3) is 3.39. The molecule has 0 saturated carbocycles. The second kappa shape index (κ2) is 7.09. The second-order valence-corrected chi connectivity index (χ2v) is 8.04. The maximum atomic E-state index is 5.84. The highest BCUT2D eigenvalue weighted by molar-refractivity contribution is 5.84. The van der Waals surface area contributed by atoms with Crippen molar-refractivity contribution < 1.29 is 4.74 Å². The molecule has 27 heavy (non-hydrogen) atoms. The molecule has 0 bridgehead atoms. The molecule has 5 rings (SSSR count). The van der Waals surface area contributed by atoms with E-state index in [0.717, 1.165) is 38.1 Å². The van der Waals surface area contributed by atoms with E-state index in [1.165, 1.54) is 29.3 Å². The van der Waals surface area contributed by atoms with Crippen molar-refractivity contribution in [2.24, 2.45) is 5.92 Å². The van der Waals surface area contributed by atoms with Gasteiger partial charge in [-0.15, -0.1) is 0 Å². The molecular weight excluding hydrogens is 338 g/mol. The first-order chi connectivity index (χ1) is 13.3. The summed E-state index contributed by atoms with van der Waals surface area (Å²) < 4.78 is 9.96. The van der Waals surface area contributed by atoms with Crippen LogP contribution < -0.4 is 5.32 Å². The first-order valence-electron chi connectivity index (χ1n) is 10.1. The van der Waals surface area contributed by atoms with Crippen LogP contribution in [-0.2, 0) is 11.3 Å². The highest BCUT2D eigenvalue weighted by atomic mass is 16.5. The maximum Gasteiger partial charge on any atom is 0.150 e. The van der Waals surface area contributed by atoms with E-state index >= 15 is 0 Å². The van der Waals surface area contributed by atoms with Crippen LogP contribution in [0.4, 0.5) is 0 Å². The quantitative estimate of drug-likeness (QED) is 0.768. The average Bonchev–Trinajstić information content (AvgIpc) is 3.43. The summed E-state index contributed by atoms with van der Waals surface area (Å²) in [7, 11) is 0. The number of hydrogen-bond acceptors (Lipinski definition) is 4. The summed E-state index contributed by atoms with van der Waals surface area (Å²) in [6.45, 7) is 5.16. The molecule has 2 aliphatic rings. The molecule has 0 spiro atoms. The topological polar surface area (TPSA) is 56.9 Å². The number of hydrogen-bond donors (Lipinski definition) is 1. The smallest absolute Gasteiger partial charge is 0.150 e. The van der Waals surface area contributed by atoms with E-state index in [9.17, 15) is 0 Å². The van der Waals surface area contributed by atoms with Crippen LogP contribution in [0.2, 0.25) is 0 Å². The molecule has 0 aliphatic carbocycles. The fraction of sp³-hybridized carbons (Fsp3) is 0.524. The molecule has 1 N–H and O–H groups in total. The fourth-order valence-corrected chi connectivity index (χ4v) is 4.41. The Balaban J connectivity index is 1.36. The summed E-state index contributed by atoms with van der Waals surface area (Å²) in [6, 6.07) is 7.21. The van der Waals surface area contributed by atoms with Crippen molar-refractivity contribution in [1.82, 2.24) is 24.9 Å². The molecule has 3 atom stereocenters. The van der Waals surface area contributed by atoms with Crippen LogP contribution in [0.3, 0.4) is 0 Å². The highest BCUT2D eigenvalue weighted by Crippen LogP contribution is 2.28. The Morgan fingerprint density at radius 2 is 2.15 bits per heavy atom. The lowest BCUT2D eigenvalue weighted by atomic mass is 10.1. The lowest BCUT2D eigenvalue weighted by Crippen LogP contribution is -2.18. The van der Waals surface area contributed by atoms with Gasteiger partial charge in [-0.25, -0.2) is 4.68 Å². The molecule has 2 fully saturated rings. The minimum absolute atomic E-state index is 0.0846. The lowest BCUT2D eigenvalue weighted by Gasteiger charge is -2.22. The van der Waals surface area contributed by atoms with Gasteiger partial charge in [0.1, 0.15) is 6.23 Å². The normalized spacial score (nSPS) is 26.0. The van der Waals surface area contributed by atoms with Gasteiger partial charge in [0.25, 0.3) is 0 Å². The van der Waals surface area contributed by atoms with Crippen molar-refractivity contribution in [1.29, 1.82) is 0 Å². The van der Waals surface area contributed by atoms with Crippen molar-refractivity contribution in [3.8, 4) is 11.1 Å². The minimum Gasteiger partial charge on any atom is -0.357 e. The van der Waals surface area contributed by atoms with Crippen LogP contribution in [-0.4, -0.2) is 38.8 Å². The van der Waals surface area contributed by atoms with Crippen LogP contribution in [0, 0.1) is 5.92 Å². The number of fused-ring (bicyclic) bond motifs is 1. The fourth-order valence-electron chi connectivity index (χ4n) is 4.41. The van der Waals surface area contributed by atoms with Crippen molar-refractivity contribution in [3.63, 3.8) is 0 Å². The van der Waals surface area contributed by atoms with E-state index in [4.69, 9.17) is 4.74 Å². The molecule has 0 radical (unpaired) electrons. The van der Waals surface area contributed by atoms with Gasteiger partial charge in [-0.05, 0) is 56.2 Å². The zero-order valence-corrected chi connectivity index (χ0v) is 15.8. The van der Waals surface area contributed by atoms with E-state index in [-0.39, 0.29) is 6.23 Å². The minimum atomic E-state index is 0.0846. The monoisotopic (exact) mass is 365 g/mol. The average molecular weight is 365 g/mol. The second-order valence-electron chi connectivity index (χ2n) is 8.04. The SMILES string of the molecule is C[C@H]1C[C@@H](Cn2ncc3cc(-c4cnn(C5CCCCO5)c4)ccc32)CN1. The van der Waals surface area contributed by atoms with Gasteiger partial charge in [-0.2, -0.15) is 10.2 Å². The van der Waals surface area contributed by atoms with E-state index < -0.39 is 0 Å². The largest absolute Gasteiger partial charge is 0.357 e. The summed E-state index contributed by atoms with van der Waals surface area (Å²) in [5, 5.41) is 13.9. The van der Waals surface area contributed by atoms with Crippen LogP contribution in [0.25, 0.3) is 22.0 Å². The summed E-state index contributed by atoms with van der Waals surface area (Å²) in [4.78, 5) is 0. The zero-order chi connectivity index (χ0) is 18.2. The molecule has 2 aromatic heterocycles. The van der Waals surface area contributed by atoms with Crippen LogP contribution >= 0.6 is 0 Å². The zero-order valence-electron chi connectivity index (χ0n) is 15.8. The van der Waals surface area contributed by atoms with Gasteiger partial charge in [0, 0.05) is 42.9 Å². The van der Waals surface area contributed by atoms with Gasteiger partial charge in [-0.3, -0.25) is 4.68 Å². The number of ether oxygens (including phenoxy) is 1. The predicted octanol–water partition coefficient (Wildman–Crippen LogP) is 3.60. The van der Waals surface area contributed by atoms with Gasteiger partial charge in [-0.1, -0.05) is 6.07 Å². The Bertz CT molecular complexity index is 924. The summed E-state index contributed by atoms with van der Waals surface area (Å²) in [5.74, 6) is 0.663. The van der Waals surface area contributed by atoms with Crippen LogP contribution in [0.15, 0.2) is 36.8 Å². The molecule has 1 unspecified atom stereocenters. The first kappa shape index (κ1) is 17.0. The standard InChI is InChI=1S/C21H27N5O/c1-15-8-16(10-22-15)13-25-20-6-5-17(9-18(20)11-23-25)19-12-24-26(14-19)21-4-2-3-7-27-21/h5-6,9,11-12,14-16,21-22H,2-4,7-8,10,13H2,1H3/t15-,16+,21?/m0/s1. The van der Waals surface area contributed by atoms with Crippen LogP contribution in [0.1, 0.15) is 38.8 Å². The number of nitrogens with zero attached hydrogens (tertiary/aromatic N) is 4. The number of nitrogens with one attached hydrogen (secondary N) is 1. The molecule has 1 aromatic carbocycles. The molecule has 142 valence electrons. The van der Waals surface area contributed by atoms with E-state index in [1.54, 1.807) is 0 Å². The lowest BCUT2D eigenvalue weighted by molar-refractivity contribution is -0.0394. The Morgan fingerprint density at radius 3 is 2.96 bits per heavy atom. The third-order valence-corrected chi connectivity index (χ3v) is 5.90. The van der Waals surface area contributed by atoms with Gasteiger partial charge in [0.05, 0.1) is 17.9 Å². The highest BCUT2D eigenvalue weighted by Gasteiger charge is 2.22. The molecule has 2 aliphatic heterocycles. The van der Waals surface area contributed by atoms with Gasteiger partial charge in [0.2, 0.25) is 0 Å². The van der Waals surface area contributed by atoms with Crippen LogP contribution in [0.5, 0.6) is 0 Å². The van der Waals surface area contributed by atoms with Crippen molar-refractivity contribution >= 4 is 10.9 Å². The summed E-state index contributed by atoms with van der Waals surface area (Å²) in [5.41, 5.74) is 3.52. The summed E-state index contributed by atoms with van der Waals surface area (Å²) in [6.07, 6.45) is 10.7. The van der Waals surface area contributed by atoms with E-state index in [1.807, 2.05) is 17.1 Å². The number of benzene rings is 1. The van der Waals surface area contributed by atoms with Gasteiger partial charge in [0.15, 0.2) is 0 Å². The molecule has 3 aromatic rings. The molecular formula is C21H27N5O. The number of rotatable bonds is 4. The Hall–Kier alpha value is -2.18. The summed E-state index contributed by atoms with van der Waals surface area (Å²) >= 11 is 0. The van der Waals surface area contributed by atoms with E-state index in [2.05, 4.69) is 51.5 Å². The third-order valence-electron chi connectivity index (χ3n) is 5.90. The molecule has 2 saturated heterocycles.